The number of hydrogen-bond acceptors (Lipinski definition) is 4. The molecular weight excluding hydrogens is 308 g/mol. The molecule has 1 heterocycles. The highest BCUT2D eigenvalue weighted by Gasteiger charge is 2.45. The zero-order valence-electron chi connectivity index (χ0n) is 14.0. The van der Waals surface area contributed by atoms with Gasteiger partial charge in [-0.2, -0.15) is 0 Å². The fraction of sp³-hybridized carbons (Fsp3) is 0.526. The van der Waals surface area contributed by atoms with Crippen molar-refractivity contribution in [2.45, 2.75) is 57.5 Å². The van der Waals surface area contributed by atoms with Gasteiger partial charge in [-0.1, -0.05) is 43.7 Å². The molecule has 2 rings (SSSR count). The Morgan fingerprint density at radius 3 is 2.54 bits per heavy atom. The average Bonchev–Trinajstić information content (AvgIpc) is 2.53. The second-order valence-electron chi connectivity index (χ2n) is 6.47. The van der Waals surface area contributed by atoms with E-state index in [4.69, 9.17) is 9.84 Å². The summed E-state index contributed by atoms with van der Waals surface area (Å²) in [6, 6.07) is 9.90. The fourth-order valence-corrected chi connectivity index (χ4v) is 3.32. The van der Waals surface area contributed by atoms with E-state index in [-0.39, 0.29) is 25.0 Å². The standard InChI is InChI=1S/C19H24O5/c1-2-11-19(12-10-14-6-4-3-5-7-14)13-16(20)15(18(23)24-19)8-9-17(21)22/h3-7,15H,2,8-13H2,1H3,(H,21,22)/t15?,19-/m1/s1. The summed E-state index contributed by atoms with van der Waals surface area (Å²) in [5.41, 5.74) is 0.392. The fourth-order valence-electron chi connectivity index (χ4n) is 3.32. The molecule has 1 fully saturated rings. The van der Waals surface area contributed by atoms with E-state index >= 15 is 0 Å². The second-order valence-corrected chi connectivity index (χ2v) is 6.47. The van der Waals surface area contributed by atoms with Crippen molar-refractivity contribution in [3.63, 3.8) is 0 Å². The lowest BCUT2D eigenvalue weighted by atomic mass is 9.79. The van der Waals surface area contributed by atoms with Crippen molar-refractivity contribution in [3.8, 4) is 0 Å². The maximum Gasteiger partial charge on any atom is 0.317 e. The van der Waals surface area contributed by atoms with Crippen LogP contribution in [0.15, 0.2) is 30.3 Å². The van der Waals surface area contributed by atoms with Crippen LogP contribution in [-0.4, -0.2) is 28.4 Å². The van der Waals surface area contributed by atoms with Gasteiger partial charge in [0.1, 0.15) is 11.5 Å². The highest BCUT2D eigenvalue weighted by Crippen LogP contribution is 2.36. The number of ether oxygens (including phenoxy) is 1. The summed E-state index contributed by atoms with van der Waals surface area (Å²) in [6.07, 6.45) is 2.81. The Hall–Kier alpha value is -2.17. The first-order chi connectivity index (χ1) is 11.5. The van der Waals surface area contributed by atoms with Gasteiger partial charge in [0, 0.05) is 12.8 Å². The van der Waals surface area contributed by atoms with Crippen LogP contribution in [0.25, 0.3) is 0 Å². The number of aliphatic carboxylic acids is 1. The Labute approximate surface area is 142 Å². The predicted molar refractivity (Wildman–Crippen MR) is 88.5 cm³/mol. The van der Waals surface area contributed by atoms with Gasteiger partial charge in [-0.15, -0.1) is 0 Å². The highest BCUT2D eigenvalue weighted by molar-refractivity contribution is 6.01. The molecule has 1 saturated heterocycles. The molecule has 1 aliphatic heterocycles. The number of Topliss-reactive ketones (excluding diaryl/α,β-unsaturated/α-hetero) is 1. The highest BCUT2D eigenvalue weighted by atomic mass is 16.6. The van der Waals surface area contributed by atoms with E-state index in [1.54, 1.807) is 0 Å². The number of hydrogen-bond donors (Lipinski definition) is 1. The first kappa shape index (κ1) is 18.2. The molecule has 130 valence electrons. The molecule has 1 N–H and O–H groups in total. The van der Waals surface area contributed by atoms with E-state index in [0.29, 0.717) is 12.8 Å². The monoisotopic (exact) mass is 332 g/mol. The molecule has 2 atom stereocenters. The number of cyclic esters (lactones) is 1. The number of carbonyl (C=O) groups excluding carboxylic acids is 2. The number of ketones is 1. The SMILES string of the molecule is CCC[C@@]1(CCc2ccccc2)CC(=O)C(CCC(=O)O)C(=O)O1. The summed E-state index contributed by atoms with van der Waals surface area (Å²) >= 11 is 0. The van der Waals surface area contributed by atoms with Crippen molar-refractivity contribution in [1.82, 2.24) is 0 Å². The van der Waals surface area contributed by atoms with Gasteiger partial charge in [0.25, 0.3) is 0 Å². The van der Waals surface area contributed by atoms with E-state index in [1.165, 1.54) is 0 Å². The topological polar surface area (TPSA) is 80.7 Å². The van der Waals surface area contributed by atoms with Crippen molar-refractivity contribution < 1.29 is 24.2 Å². The second kappa shape index (κ2) is 8.08. The number of rotatable bonds is 8. The van der Waals surface area contributed by atoms with Gasteiger partial charge in [-0.05, 0) is 31.2 Å². The number of esters is 1. The van der Waals surface area contributed by atoms with Gasteiger partial charge in [0.2, 0.25) is 0 Å². The molecule has 1 unspecified atom stereocenters. The summed E-state index contributed by atoms with van der Waals surface area (Å²) in [4.78, 5) is 35.4. The molecule has 0 aliphatic carbocycles. The van der Waals surface area contributed by atoms with Crippen molar-refractivity contribution in [1.29, 1.82) is 0 Å². The largest absolute Gasteiger partial charge is 0.481 e. The van der Waals surface area contributed by atoms with Gasteiger partial charge >= 0.3 is 11.9 Å². The Morgan fingerprint density at radius 1 is 1.25 bits per heavy atom. The number of carboxylic acids is 1. The molecular formula is C19H24O5. The van der Waals surface area contributed by atoms with Crippen LogP contribution in [0.2, 0.25) is 0 Å². The van der Waals surface area contributed by atoms with E-state index in [0.717, 1.165) is 18.4 Å². The van der Waals surface area contributed by atoms with Crippen molar-refractivity contribution in [3.05, 3.63) is 35.9 Å². The van der Waals surface area contributed by atoms with E-state index in [1.807, 2.05) is 37.3 Å². The molecule has 1 aromatic rings. The van der Waals surface area contributed by atoms with Gasteiger partial charge in [-0.3, -0.25) is 14.4 Å². The minimum Gasteiger partial charge on any atom is -0.481 e. The maximum atomic E-state index is 12.4. The number of carbonyl (C=O) groups is 3. The minimum atomic E-state index is -1.01. The molecule has 1 aromatic carbocycles. The predicted octanol–water partition coefficient (Wildman–Crippen LogP) is 3.16. The summed E-state index contributed by atoms with van der Waals surface area (Å²) in [5.74, 6) is -2.68. The van der Waals surface area contributed by atoms with Crippen LogP contribution in [0.5, 0.6) is 0 Å². The first-order valence-corrected chi connectivity index (χ1v) is 8.47. The van der Waals surface area contributed by atoms with Crippen molar-refractivity contribution in [2.75, 3.05) is 0 Å². The molecule has 0 radical (unpaired) electrons. The van der Waals surface area contributed by atoms with Crippen LogP contribution in [0.1, 0.15) is 51.0 Å². The van der Waals surface area contributed by atoms with Gasteiger partial charge in [0.05, 0.1) is 0 Å². The molecule has 0 amide bonds. The van der Waals surface area contributed by atoms with E-state index < -0.39 is 23.5 Å². The smallest absolute Gasteiger partial charge is 0.317 e. The minimum absolute atomic E-state index is 0.0217. The van der Waals surface area contributed by atoms with Crippen LogP contribution in [-0.2, 0) is 25.5 Å². The maximum absolute atomic E-state index is 12.4. The number of carboxylic acid groups (broad SMARTS) is 1. The molecule has 0 aromatic heterocycles. The number of benzene rings is 1. The molecule has 0 bridgehead atoms. The molecule has 5 heteroatoms. The summed E-state index contributed by atoms with van der Waals surface area (Å²) in [6.45, 7) is 2.00. The van der Waals surface area contributed by atoms with Crippen molar-refractivity contribution >= 4 is 17.7 Å². The van der Waals surface area contributed by atoms with Gasteiger partial charge in [0.15, 0.2) is 5.78 Å². The zero-order valence-corrected chi connectivity index (χ0v) is 14.0. The molecule has 24 heavy (non-hydrogen) atoms. The first-order valence-electron chi connectivity index (χ1n) is 8.47. The Morgan fingerprint density at radius 2 is 1.96 bits per heavy atom. The van der Waals surface area contributed by atoms with Crippen LogP contribution < -0.4 is 0 Å². The quantitative estimate of drug-likeness (QED) is 0.584. The molecule has 0 saturated carbocycles. The Balaban J connectivity index is 2.06. The van der Waals surface area contributed by atoms with Crippen molar-refractivity contribution in [2.24, 2.45) is 5.92 Å². The zero-order chi connectivity index (χ0) is 17.6. The lowest BCUT2D eigenvalue weighted by molar-refractivity contribution is -0.179. The third kappa shape index (κ3) is 4.66. The van der Waals surface area contributed by atoms with Crippen LogP contribution in [0, 0.1) is 5.92 Å². The Kier molecular flexibility index (Phi) is 6.12. The normalized spacial score (nSPS) is 23.8. The summed E-state index contributed by atoms with van der Waals surface area (Å²) < 4.78 is 5.70. The van der Waals surface area contributed by atoms with Crippen LogP contribution in [0.4, 0.5) is 0 Å². The molecule has 5 nitrogen and oxygen atoms in total. The third-order valence-corrected chi connectivity index (χ3v) is 4.55. The van der Waals surface area contributed by atoms with E-state index in [9.17, 15) is 14.4 Å². The van der Waals surface area contributed by atoms with Gasteiger partial charge in [-0.25, -0.2) is 0 Å². The summed E-state index contributed by atoms with van der Waals surface area (Å²) in [7, 11) is 0. The van der Waals surface area contributed by atoms with Crippen LogP contribution in [0.3, 0.4) is 0 Å². The van der Waals surface area contributed by atoms with Gasteiger partial charge < -0.3 is 9.84 Å². The van der Waals surface area contributed by atoms with E-state index in [2.05, 4.69) is 0 Å². The summed E-state index contributed by atoms with van der Waals surface area (Å²) in [5, 5.41) is 8.75. The lowest BCUT2D eigenvalue weighted by Crippen LogP contribution is -2.48. The lowest BCUT2D eigenvalue weighted by Gasteiger charge is -2.38. The molecule has 1 aliphatic rings. The molecule has 0 spiro atoms. The number of aryl methyl sites for hydroxylation is 1. The van der Waals surface area contributed by atoms with Crippen LogP contribution >= 0.6 is 0 Å². The third-order valence-electron chi connectivity index (χ3n) is 4.55. The average molecular weight is 332 g/mol. The Bertz CT molecular complexity index is 575.